The predicted octanol–water partition coefficient (Wildman–Crippen LogP) is 2.44. The molecule has 2 aromatic heterocycles. The Labute approximate surface area is 94.6 Å². The Morgan fingerprint density at radius 2 is 2.33 bits per heavy atom. The summed E-state index contributed by atoms with van der Waals surface area (Å²) in [5.41, 5.74) is 3.26. The molecule has 0 atom stereocenters. The quantitative estimate of drug-likeness (QED) is 0.773. The Hall–Kier alpha value is -1.27. The van der Waals surface area contributed by atoms with Gasteiger partial charge in [0.1, 0.15) is 11.4 Å². The monoisotopic (exact) mass is 240 g/mol. The van der Waals surface area contributed by atoms with Gasteiger partial charge in [0.05, 0.1) is 12.1 Å². The van der Waals surface area contributed by atoms with Crippen LogP contribution in [0.5, 0.6) is 0 Å². The smallest absolute Gasteiger partial charge is 0.367 e. The van der Waals surface area contributed by atoms with Crippen LogP contribution in [0.4, 0.5) is 0 Å². The number of aromatic nitrogens is 2. The second kappa shape index (κ2) is 4.50. The topological polar surface area (TPSA) is 52.1 Å². The Morgan fingerprint density at radius 1 is 1.47 bits per heavy atom. The van der Waals surface area contributed by atoms with Crippen molar-refractivity contribution in [1.29, 1.82) is 0 Å². The van der Waals surface area contributed by atoms with Gasteiger partial charge in [0.25, 0.3) is 0 Å². The first kappa shape index (κ1) is 10.3. The van der Waals surface area contributed by atoms with Crippen molar-refractivity contribution in [2.24, 2.45) is 0 Å². The third-order valence-corrected chi connectivity index (χ3v) is 3.06. The van der Waals surface area contributed by atoms with E-state index in [0.717, 1.165) is 11.4 Å². The summed E-state index contributed by atoms with van der Waals surface area (Å²) in [6, 6.07) is 0. The van der Waals surface area contributed by atoms with Crippen LogP contribution in [-0.4, -0.2) is 22.5 Å². The molecule has 2 aromatic rings. The van der Waals surface area contributed by atoms with Gasteiger partial charge in [0.2, 0.25) is 5.01 Å². The first-order valence-electron chi connectivity index (χ1n) is 4.32. The molecule has 0 aromatic carbocycles. The zero-order chi connectivity index (χ0) is 10.7. The van der Waals surface area contributed by atoms with Crippen LogP contribution < -0.4 is 0 Å². The van der Waals surface area contributed by atoms with Crippen LogP contribution in [0.25, 0.3) is 11.4 Å². The molecule has 4 nitrogen and oxygen atoms in total. The summed E-state index contributed by atoms with van der Waals surface area (Å²) in [5, 5.41) is 4.07. The summed E-state index contributed by atoms with van der Waals surface area (Å²) in [4.78, 5) is 19.6. The largest absolute Gasteiger partial charge is 0.461 e. The highest BCUT2D eigenvalue weighted by molar-refractivity contribution is 7.12. The van der Waals surface area contributed by atoms with E-state index in [4.69, 9.17) is 4.74 Å². The van der Waals surface area contributed by atoms with E-state index in [1.807, 2.05) is 5.38 Å². The lowest BCUT2D eigenvalue weighted by Gasteiger charge is -1.95. The van der Waals surface area contributed by atoms with E-state index in [0.29, 0.717) is 11.6 Å². The van der Waals surface area contributed by atoms with Gasteiger partial charge in [-0.15, -0.1) is 22.7 Å². The van der Waals surface area contributed by atoms with Crippen molar-refractivity contribution in [3.8, 4) is 11.4 Å². The summed E-state index contributed by atoms with van der Waals surface area (Å²) in [6.45, 7) is 2.14. The standard InChI is InChI=1S/C9H8N2O2S2/c1-2-13-9(12)8-11-7(4-15-8)6-3-14-5-10-6/h3-5H,2H2,1H3. The minimum absolute atomic E-state index is 0.366. The average Bonchev–Trinajstić information content (AvgIpc) is 2.89. The highest BCUT2D eigenvalue weighted by atomic mass is 32.1. The minimum atomic E-state index is -0.371. The number of hydrogen-bond donors (Lipinski definition) is 0. The molecule has 0 fully saturated rings. The molecule has 0 aliphatic carbocycles. The Balaban J connectivity index is 2.21. The summed E-state index contributed by atoms with van der Waals surface area (Å²) in [6.07, 6.45) is 0. The second-order valence-electron chi connectivity index (χ2n) is 2.63. The summed E-state index contributed by atoms with van der Waals surface area (Å²) in [5.74, 6) is -0.371. The van der Waals surface area contributed by atoms with Gasteiger partial charge in [-0.1, -0.05) is 0 Å². The molecule has 0 saturated carbocycles. The lowest BCUT2D eigenvalue weighted by molar-refractivity contribution is 0.0526. The van der Waals surface area contributed by atoms with E-state index >= 15 is 0 Å². The fraction of sp³-hybridized carbons (Fsp3) is 0.222. The molecule has 0 unspecified atom stereocenters. The number of thiazole rings is 2. The van der Waals surface area contributed by atoms with Crippen molar-refractivity contribution < 1.29 is 9.53 Å². The highest BCUT2D eigenvalue weighted by Crippen LogP contribution is 2.21. The van der Waals surface area contributed by atoms with Crippen LogP contribution in [-0.2, 0) is 4.74 Å². The lowest BCUT2D eigenvalue weighted by atomic mass is 10.4. The molecule has 0 aliphatic heterocycles. The molecule has 0 N–H and O–H groups in total. The highest BCUT2D eigenvalue weighted by Gasteiger charge is 2.13. The maximum atomic E-state index is 11.3. The van der Waals surface area contributed by atoms with Crippen molar-refractivity contribution in [3.05, 3.63) is 21.3 Å². The van der Waals surface area contributed by atoms with Crippen molar-refractivity contribution >= 4 is 28.6 Å². The normalized spacial score (nSPS) is 10.2. The number of carbonyl (C=O) groups excluding carboxylic acids is 1. The van der Waals surface area contributed by atoms with E-state index in [9.17, 15) is 4.79 Å². The summed E-state index contributed by atoms with van der Waals surface area (Å²) in [7, 11) is 0. The molecule has 0 radical (unpaired) electrons. The van der Waals surface area contributed by atoms with E-state index in [1.165, 1.54) is 22.7 Å². The van der Waals surface area contributed by atoms with E-state index in [2.05, 4.69) is 9.97 Å². The Morgan fingerprint density at radius 3 is 3.00 bits per heavy atom. The van der Waals surface area contributed by atoms with Crippen LogP contribution in [0, 0.1) is 0 Å². The number of nitrogens with zero attached hydrogens (tertiary/aromatic N) is 2. The molecule has 2 rings (SSSR count). The van der Waals surface area contributed by atoms with Gasteiger partial charge in [0.15, 0.2) is 0 Å². The number of hydrogen-bond acceptors (Lipinski definition) is 6. The number of esters is 1. The van der Waals surface area contributed by atoms with Crippen molar-refractivity contribution in [3.63, 3.8) is 0 Å². The molecule has 0 aliphatic rings. The fourth-order valence-corrected chi connectivity index (χ4v) is 2.27. The number of carbonyl (C=O) groups is 1. The van der Waals surface area contributed by atoms with Crippen LogP contribution in [0.2, 0.25) is 0 Å². The third-order valence-electron chi connectivity index (χ3n) is 1.65. The van der Waals surface area contributed by atoms with Gasteiger partial charge < -0.3 is 4.74 Å². The molecule has 6 heteroatoms. The van der Waals surface area contributed by atoms with E-state index in [1.54, 1.807) is 17.8 Å². The molecular weight excluding hydrogens is 232 g/mol. The van der Waals surface area contributed by atoms with Crippen LogP contribution in [0.1, 0.15) is 16.7 Å². The van der Waals surface area contributed by atoms with E-state index in [-0.39, 0.29) is 5.97 Å². The maximum Gasteiger partial charge on any atom is 0.367 e. The first-order valence-corrected chi connectivity index (χ1v) is 6.14. The third kappa shape index (κ3) is 2.21. The average molecular weight is 240 g/mol. The summed E-state index contributed by atoms with van der Waals surface area (Å²) < 4.78 is 4.85. The Kier molecular flexibility index (Phi) is 3.08. The number of rotatable bonds is 3. The van der Waals surface area contributed by atoms with Gasteiger partial charge in [-0.3, -0.25) is 0 Å². The van der Waals surface area contributed by atoms with Gasteiger partial charge in [0, 0.05) is 10.8 Å². The zero-order valence-corrected chi connectivity index (χ0v) is 9.60. The first-order chi connectivity index (χ1) is 7.31. The van der Waals surface area contributed by atoms with Crippen LogP contribution in [0.15, 0.2) is 16.3 Å². The lowest BCUT2D eigenvalue weighted by Crippen LogP contribution is -2.03. The second-order valence-corrected chi connectivity index (χ2v) is 4.21. The van der Waals surface area contributed by atoms with Gasteiger partial charge in [-0.05, 0) is 6.92 Å². The van der Waals surface area contributed by atoms with Gasteiger partial charge in [-0.25, -0.2) is 14.8 Å². The molecule has 0 amide bonds. The minimum Gasteiger partial charge on any atom is -0.461 e. The molecule has 0 saturated heterocycles. The van der Waals surface area contributed by atoms with E-state index < -0.39 is 0 Å². The van der Waals surface area contributed by atoms with Gasteiger partial charge >= 0.3 is 5.97 Å². The molecule has 78 valence electrons. The SMILES string of the molecule is CCOC(=O)c1nc(-c2cscn2)cs1. The van der Waals surface area contributed by atoms with Crippen molar-refractivity contribution in [2.75, 3.05) is 6.61 Å². The zero-order valence-electron chi connectivity index (χ0n) is 7.97. The molecule has 2 heterocycles. The van der Waals surface area contributed by atoms with Gasteiger partial charge in [-0.2, -0.15) is 0 Å². The Bertz CT molecular complexity index is 450. The van der Waals surface area contributed by atoms with Crippen LogP contribution >= 0.6 is 22.7 Å². The molecular formula is C9H8N2O2S2. The summed E-state index contributed by atoms with van der Waals surface area (Å²) >= 11 is 2.77. The number of ether oxygens (including phenoxy) is 1. The van der Waals surface area contributed by atoms with Crippen molar-refractivity contribution in [1.82, 2.24) is 9.97 Å². The van der Waals surface area contributed by atoms with Crippen LogP contribution in [0.3, 0.4) is 0 Å². The fourth-order valence-electron chi connectivity index (χ4n) is 1.02. The predicted molar refractivity (Wildman–Crippen MR) is 59.2 cm³/mol. The molecule has 15 heavy (non-hydrogen) atoms. The van der Waals surface area contributed by atoms with Crippen molar-refractivity contribution in [2.45, 2.75) is 6.92 Å². The molecule has 0 bridgehead atoms. The maximum absolute atomic E-state index is 11.3. The molecule has 0 spiro atoms.